The van der Waals surface area contributed by atoms with Gasteiger partial charge in [0.1, 0.15) is 41.9 Å². The van der Waals surface area contributed by atoms with Crippen LogP contribution >= 0.6 is 0 Å². The number of esters is 1. The highest BCUT2D eigenvalue weighted by Crippen LogP contribution is 2.34. The van der Waals surface area contributed by atoms with Crippen LogP contribution < -0.4 is 25.7 Å². The second-order valence-corrected chi connectivity index (χ2v) is 14.9. The van der Waals surface area contributed by atoms with Crippen molar-refractivity contribution in [2.45, 2.75) is 129 Å². The number of allylic oxidation sites excluding steroid dienone is 1. The molecular formula is C38H54BN5O6. The van der Waals surface area contributed by atoms with Gasteiger partial charge in [-0.3, -0.25) is 9.20 Å². The standard InChI is InChI=1S/C38H54BN5O6/c1-37(2,3)49-31(45)18-13-11-9-10-12-17-28-24-41-34(40-23-26-19-20-29(47-7)22-30(26)48-8)32-33(39)43-35(44(28)32)25-15-14-16-27(21-25)42-36(46)50-38(4,5)6/h12,17,19-20,22,24-25,27H,9-11,13-16,18,21,23H2,1-8H3,(H,40,41)(H,42,46)/b17-12+/t25-,27-/m1/s1. The lowest BCUT2D eigenvalue weighted by atomic mass is 9.85. The maximum Gasteiger partial charge on any atom is 0.407 e. The largest absolute Gasteiger partial charge is 0.497 e. The Morgan fingerprint density at radius 3 is 2.48 bits per heavy atom. The minimum Gasteiger partial charge on any atom is -0.497 e. The Morgan fingerprint density at radius 1 is 1.02 bits per heavy atom. The van der Waals surface area contributed by atoms with Crippen LogP contribution in [0.5, 0.6) is 11.5 Å². The van der Waals surface area contributed by atoms with Crippen LogP contribution in [0.25, 0.3) is 11.6 Å². The third-order valence-corrected chi connectivity index (χ3v) is 8.40. The number of nitrogens with one attached hydrogen (secondary N) is 2. The molecule has 50 heavy (non-hydrogen) atoms. The summed E-state index contributed by atoms with van der Waals surface area (Å²) in [5.41, 5.74) is 1.85. The summed E-state index contributed by atoms with van der Waals surface area (Å²) in [5.74, 6) is 2.77. The van der Waals surface area contributed by atoms with E-state index in [9.17, 15) is 9.59 Å². The molecule has 2 aromatic heterocycles. The number of ether oxygens (including phenoxy) is 4. The van der Waals surface area contributed by atoms with Crippen molar-refractivity contribution < 1.29 is 28.5 Å². The summed E-state index contributed by atoms with van der Waals surface area (Å²) in [6.45, 7) is 11.7. The average molecular weight is 688 g/mol. The summed E-state index contributed by atoms with van der Waals surface area (Å²) in [6, 6.07) is 5.65. The molecule has 11 nitrogen and oxygen atoms in total. The predicted octanol–water partition coefficient (Wildman–Crippen LogP) is 7.01. The number of unbranched alkanes of at least 4 members (excludes halogenated alkanes) is 3. The van der Waals surface area contributed by atoms with E-state index >= 15 is 0 Å². The van der Waals surface area contributed by atoms with E-state index in [4.69, 9.17) is 36.8 Å². The second-order valence-electron chi connectivity index (χ2n) is 14.9. The second kappa shape index (κ2) is 17.1. The van der Waals surface area contributed by atoms with Gasteiger partial charge >= 0.3 is 12.1 Å². The van der Waals surface area contributed by atoms with E-state index < -0.39 is 17.3 Å². The van der Waals surface area contributed by atoms with Gasteiger partial charge in [0, 0.05) is 42.1 Å². The number of amides is 1. The Kier molecular flexibility index (Phi) is 13.2. The number of alkyl carbamates (subject to hydrolysis) is 1. The van der Waals surface area contributed by atoms with Crippen LogP contribution in [0.4, 0.5) is 10.6 Å². The van der Waals surface area contributed by atoms with Crippen molar-refractivity contribution in [3.63, 3.8) is 0 Å². The van der Waals surface area contributed by atoms with Crippen LogP contribution in [0.2, 0.25) is 0 Å². The lowest BCUT2D eigenvalue weighted by molar-refractivity contribution is -0.154. The van der Waals surface area contributed by atoms with E-state index in [1.54, 1.807) is 14.2 Å². The maximum atomic E-state index is 12.6. The zero-order valence-corrected chi connectivity index (χ0v) is 31.1. The first kappa shape index (κ1) is 38.6. The molecule has 0 saturated heterocycles. The molecule has 0 bridgehead atoms. The molecule has 270 valence electrons. The van der Waals surface area contributed by atoms with Crippen LogP contribution in [0.3, 0.4) is 0 Å². The van der Waals surface area contributed by atoms with Crippen molar-refractivity contribution in [2.75, 3.05) is 19.5 Å². The number of hydrogen-bond acceptors (Lipinski definition) is 9. The monoisotopic (exact) mass is 687 g/mol. The topological polar surface area (TPSA) is 125 Å². The van der Waals surface area contributed by atoms with Gasteiger partial charge in [-0.05, 0) is 98.3 Å². The Balaban J connectivity index is 1.56. The fourth-order valence-corrected chi connectivity index (χ4v) is 6.23. The molecule has 2 atom stereocenters. The van der Waals surface area contributed by atoms with Crippen molar-refractivity contribution in [1.29, 1.82) is 0 Å². The number of hydrogen-bond donors (Lipinski definition) is 2. The molecule has 12 heteroatoms. The summed E-state index contributed by atoms with van der Waals surface area (Å²) < 4.78 is 24.0. The van der Waals surface area contributed by atoms with Gasteiger partial charge in [-0.1, -0.05) is 18.9 Å². The minimum absolute atomic E-state index is 0.0428. The summed E-state index contributed by atoms with van der Waals surface area (Å²) in [4.78, 5) is 34.4. The summed E-state index contributed by atoms with van der Waals surface area (Å²) >= 11 is 0. The average Bonchev–Trinajstić information content (AvgIpc) is 3.39. The number of imidazole rings is 1. The van der Waals surface area contributed by atoms with E-state index in [-0.39, 0.29) is 17.9 Å². The van der Waals surface area contributed by atoms with E-state index in [1.807, 2.05) is 65.9 Å². The molecule has 1 amide bonds. The van der Waals surface area contributed by atoms with E-state index in [0.29, 0.717) is 47.8 Å². The van der Waals surface area contributed by atoms with E-state index in [1.165, 1.54) is 0 Å². The van der Waals surface area contributed by atoms with Gasteiger partial charge in [-0.2, -0.15) is 0 Å². The Labute approximate surface area is 298 Å². The highest BCUT2D eigenvalue weighted by Gasteiger charge is 2.30. The highest BCUT2D eigenvalue weighted by atomic mass is 16.6. The van der Waals surface area contributed by atoms with Crippen LogP contribution in [0.1, 0.15) is 122 Å². The number of rotatable bonds is 14. The Bertz CT molecular complexity index is 1640. The summed E-state index contributed by atoms with van der Waals surface area (Å²) in [7, 11) is 9.92. The van der Waals surface area contributed by atoms with E-state index in [0.717, 1.165) is 62.0 Å². The third-order valence-electron chi connectivity index (χ3n) is 8.40. The van der Waals surface area contributed by atoms with Gasteiger partial charge in [0.15, 0.2) is 5.82 Å². The number of carbonyl (C=O) groups excluding carboxylic acids is 2. The molecule has 1 saturated carbocycles. The van der Waals surface area contributed by atoms with Crippen LogP contribution in [-0.2, 0) is 20.8 Å². The van der Waals surface area contributed by atoms with Crippen LogP contribution in [0, 0.1) is 0 Å². The lowest BCUT2D eigenvalue weighted by Crippen LogP contribution is -2.41. The van der Waals surface area contributed by atoms with Gasteiger partial charge in [0.25, 0.3) is 0 Å². The van der Waals surface area contributed by atoms with Gasteiger partial charge in [-0.15, -0.1) is 0 Å². The lowest BCUT2D eigenvalue weighted by Gasteiger charge is -2.30. The normalized spacial score (nSPS) is 16.7. The molecule has 2 heterocycles. The van der Waals surface area contributed by atoms with E-state index in [2.05, 4.69) is 27.2 Å². The molecule has 1 aliphatic carbocycles. The molecule has 1 aliphatic rings. The maximum absolute atomic E-state index is 12.6. The van der Waals surface area contributed by atoms with Gasteiger partial charge in [-0.25, -0.2) is 14.8 Å². The van der Waals surface area contributed by atoms with Gasteiger partial charge in [0.05, 0.1) is 26.1 Å². The zero-order valence-electron chi connectivity index (χ0n) is 31.1. The van der Waals surface area contributed by atoms with Crippen molar-refractivity contribution >= 4 is 42.9 Å². The first-order valence-electron chi connectivity index (χ1n) is 17.7. The summed E-state index contributed by atoms with van der Waals surface area (Å²) in [6.07, 6.45) is 13.0. The molecule has 3 aromatic rings. The number of aromatic nitrogens is 3. The molecule has 4 rings (SSSR count). The summed E-state index contributed by atoms with van der Waals surface area (Å²) in [5, 5.41) is 6.53. The SMILES string of the molecule is [B]c1nc([C@@H]2CCC[C@@H](NC(=O)OC(C)(C)C)C2)n2c(/C=C/CCCCCC(=O)OC(C)(C)C)cnc(NCc3ccc(OC)cc3OC)c12. The molecule has 0 spiro atoms. The minimum atomic E-state index is -0.572. The first-order chi connectivity index (χ1) is 23.7. The number of anilines is 1. The van der Waals surface area contributed by atoms with Crippen molar-refractivity contribution in [3.05, 3.63) is 47.6 Å². The Morgan fingerprint density at radius 2 is 1.78 bits per heavy atom. The number of nitrogens with zero attached hydrogens (tertiary/aromatic N) is 3. The van der Waals surface area contributed by atoms with Gasteiger partial charge < -0.3 is 29.6 Å². The quantitative estimate of drug-likeness (QED) is 0.105. The zero-order chi connectivity index (χ0) is 36.5. The Hall–Kier alpha value is -4.22. The van der Waals surface area contributed by atoms with Crippen molar-refractivity contribution in [1.82, 2.24) is 19.7 Å². The molecule has 2 radical (unpaired) electrons. The first-order valence-corrected chi connectivity index (χ1v) is 17.7. The molecule has 1 fully saturated rings. The van der Waals surface area contributed by atoms with Crippen LogP contribution in [-0.4, -0.2) is 65.7 Å². The smallest absolute Gasteiger partial charge is 0.407 e. The van der Waals surface area contributed by atoms with Crippen LogP contribution in [0.15, 0.2) is 30.5 Å². The third kappa shape index (κ3) is 11.1. The fraction of sp³-hybridized carbons (Fsp3) is 0.579. The molecule has 0 unspecified atom stereocenters. The number of methoxy groups -OCH3 is 2. The van der Waals surface area contributed by atoms with Crippen molar-refractivity contribution in [3.8, 4) is 11.5 Å². The number of carbonyl (C=O) groups is 2. The van der Waals surface area contributed by atoms with Crippen molar-refractivity contribution in [2.24, 2.45) is 0 Å². The van der Waals surface area contributed by atoms with Gasteiger partial charge in [0.2, 0.25) is 0 Å². The fourth-order valence-electron chi connectivity index (χ4n) is 6.23. The molecule has 0 aliphatic heterocycles. The predicted molar refractivity (Wildman–Crippen MR) is 198 cm³/mol. The molecule has 2 N–H and O–H groups in total. The molecule has 1 aromatic carbocycles. The molecular weight excluding hydrogens is 633 g/mol. The number of fused-ring (bicyclic) bond motifs is 1. The number of benzene rings is 1. The highest BCUT2D eigenvalue weighted by molar-refractivity contribution is 6.36.